The molecule has 2 saturated heterocycles. The SMILES string of the molecule is CC.CC(C)(C)c1ccc(NC(N)=O)cc1.NC(=O)c1nnc(N2CCCCC2)nc1Nc1ccc(C(=O)N2CCOCC2)cc1. The third kappa shape index (κ3) is 10.4. The molecular weight excluding hydrogens is 586 g/mol. The van der Waals surface area contributed by atoms with Gasteiger partial charge in [-0.3, -0.25) is 9.59 Å². The number of rotatable bonds is 6. The summed E-state index contributed by atoms with van der Waals surface area (Å²) < 4.78 is 5.29. The predicted octanol–water partition coefficient (Wildman–Crippen LogP) is 4.68. The van der Waals surface area contributed by atoms with Gasteiger partial charge in [0.15, 0.2) is 11.5 Å². The van der Waals surface area contributed by atoms with E-state index >= 15 is 0 Å². The molecule has 3 heterocycles. The van der Waals surface area contributed by atoms with Crippen LogP contribution in [0, 0.1) is 0 Å². The van der Waals surface area contributed by atoms with E-state index in [1.807, 2.05) is 38.1 Å². The molecule has 13 heteroatoms. The molecule has 3 aromatic rings. The first-order valence-corrected chi connectivity index (χ1v) is 15.7. The molecule has 2 aliphatic heterocycles. The number of aromatic nitrogens is 3. The van der Waals surface area contributed by atoms with Gasteiger partial charge >= 0.3 is 6.03 Å². The summed E-state index contributed by atoms with van der Waals surface area (Å²) in [7, 11) is 0. The molecule has 0 bridgehead atoms. The summed E-state index contributed by atoms with van der Waals surface area (Å²) in [5.74, 6) is -0.00721. The lowest BCUT2D eigenvalue weighted by Gasteiger charge is -2.27. The summed E-state index contributed by atoms with van der Waals surface area (Å²) in [6.45, 7) is 14.4. The number of ether oxygens (including phenoxy) is 1. The molecule has 248 valence electrons. The molecule has 0 radical (unpaired) electrons. The van der Waals surface area contributed by atoms with E-state index in [0.717, 1.165) is 31.6 Å². The van der Waals surface area contributed by atoms with E-state index < -0.39 is 11.9 Å². The first-order valence-electron chi connectivity index (χ1n) is 15.7. The Balaban J connectivity index is 0.000000303. The number of morpholine rings is 1. The maximum absolute atomic E-state index is 12.6. The standard InChI is InChI=1S/C20H25N7O3.C11H16N2O.C2H6/c21-17(28)16-18(23-20(25-24-16)27-8-2-1-3-9-27)22-15-6-4-14(5-7-15)19(29)26-10-12-30-13-11-26;1-11(2,3)8-4-6-9(7-5-8)13-10(12)14;1-2/h4-7H,1-3,8-13H2,(H2,21,28)(H,22,23,25);4-7H,1-3H3,(H3,12,13,14);1-2H3. The van der Waals surface area contributed by atoms with Crippen molar-refractivity contribution in [3.8, 4) is 0 Å². The molecule has 6 N–H and O–H groups in total. The second kappa shape index (κ2) is 17.1. The van der Waals surface area contributed by atoms with Gasteiger partial charge in [0, 0.05) is 43.1 Å². The summed E-state index contributed by atoms with van der Waals surface area (Å²) >= 11 is 0. The number of benzene rings is 2. The van der Waals surface area contributed by atoms with E-state index in [-0.39, 0.29) is 22.8 Å². The highest BCUT2D eigenvalue weighted by atomic mass is 16.5. The fourth-order valence-corrected chi connectivity index (χ4v) is 4.78. The monoisotopic (exact) mass is 633 g/mol. The Hall–Kier alpha value is -4.78. The fraction of sp³-hybridized carbons (Fsp3) is 0.455. The van der Waals surface area contributed by atoms with Crippen molar-refractivity contribution in [1.29, 1.82) is 0 Å². The number of amides is 4. The third-order valence-corrected chi connectivity index (χ3v) is 7.26. The number of nitrogens with zero attached hydrogens (tertiary/aromatic N) is 5. The molecule has 2 fully saturated rings. The van der Waals surface area contributed by atoms with Crippen LogP contribution in [0.5, 0.6) is 0 Å². The van der Waals surface area contributed by atoms with Gasteiger partial charge in [-0.1, -0.05) is 46.8 Å². The lowest BCUT2D eigenvalue weighted by molar-refractivity contribution is 0.0303. The summed E-state index contributed by atoms with van der Waals surface area (Å²) in [6.07, 6.45) is 3.33. The van der Waals surface area contributed by atoms with Gasteiger partial charge in [-0.05, 0) is 66.6 Å². The Kier molecular flexibility index (Phi) is 13.2. The number of anilines is 4. The topological polar surface area (TPSA) is 182 Å². The zero-order chi connectivity index (χ0) is 33.7. The quantitative estimate of drug-likeness (QED) is 0.300. The van der Waals surface area contributed by atoms with Gasteiger partial charge in [0.2, 0.25) is 5.95 Å². The summed E-state index contributed by atoms with van der Waals surface area (Å²) in [5, 5.41) is 13.7. The second-order valence-corrected chi connectivity index (χ2v) is 11.6. The maximum Gasteiger partial charge on any atom is 0.316 e. The lowest BCUT2D eigenvalue weighted by atomic mass is 9.87. The zero-order valence-electron chi connectivity index (χ0n) is 27.5. The average molecular weight is 634 g/mol. The van der Waals surface area contributed by atoms with Gasteiger partial charge in [0.05, 0.1) is 13.2 Å². The highest BCUT2D eigenvalue weighted by Gasteiger charge is 2.21. The Morgan fingerprint density at radius 1 is 0.804 bits per heavy atom. The van der Waals surface area contributed by atoms with Crippen LogP contribution in [0.15, 0.2) is 48.5 Å². The van der Waals surface area contributed by atoms with Crippen molar-refractivity contribution in [1.82, 2.24) is 20.1 Å². The summed E-state index contributed by atoms with van der Waals surface area (Å²) in [6, 6.07) is 14.2. The molecule has 46 heavy (non-hydrogen) atoms. The Bertz CT molecular complexity index is 1430. The number of nitrogens with two attached hydrogens (primary N) is 2. The van der Waals surface area contributed by atoms with Gasteiger partial charge in [-0.2, -0.15) is 4.98 Å². The van der Waals surface area contributed by atoms with Crippen LogP contribution < -0.4 is 27.0 Å². The van der Waals surface area contributed by atoms with Crippen molar-refractivity contribution in [2.24, 2.45) is 11.5 Å². The third-order valence-electron chi connectivity index (χ3n) is 7.26. The van der Waals surface area contributed by atoms with Crippen molar-refractivity contribution in [3.63, 3.8) is 0 Å². The van der Waals surface area contributed by atoms with E-state index in [9.17, 15) is 14.4 Å². The fourth-order valence-electron chi connectivity index (χ4n) is 4.78. The Morgan fingerprint density at radius 2 is 1.39 bits per heavy atom. The number of hydrogen-bond acceptors (Lipinski definition) is 9. The van der Waals surface area contributed by atoms with Crippen molar-refractivity contribution < 1.29 is 19.1 Å². The smallest absolute Gasteiger partial charge is 0.316 e. The highest BCUT2D eigenvalue weighted by Crippen LogP contribution is 2.24. The molecule has 13 nitrogen and oxygen atoms in total. The van der Waals surface area contributed by atoms with E-state index in [2.05, 4.69) is 51.5 Å². The van der Waals surface area contributed by atoms with E-state index in [0.29, 0.717) is 43.5 Å². The van der Waals surface area contributed by atoms with Gasteiger partial charge in [0.25, 0.3) is 11.8 Å². The van der Waals surface area contributed by atoms with E-state index in [1.54, 1.807) is 29.2 Å². The molecule has 0 saturated carbocycles. The number of carbonyl (C=O) groups is 3. The molecule has 0 atom stereocenters. The maximum atomic E-state index is 12.6. The summed E-state index contributed by atoms with van der Waals surface area (Å²) in [4.78, 5) is 43.3. The molecule has 4 amide bonds. The van der Waals surface area contributed by atoms with Crippen LogP contribution >= 0.6 is 0 Å². The predicted molar refractivity (Wildman–Crippen MR) is 181 cm³/mol. The van der Waals surface area contributed by atoms with Crippen molar-refractivity contribution in [2.45, 2.75) is 59.3 Å². The number of piperidine rings is 1. The average Bonchev–Trinajstić information content (AvgIpc) is 3.06. The van der Waals surface area contributed by atoms with Crippen LogP contribution in [-0.4, -0.2) is 77.3 Å². The molecule has 2 aromatic carbocycles. The van der Waals surface area contributed by atoms with Gasteiger partial charge in [-0.15, -0.1) is 10.2 Å². The second-order valence-electron chi connectivity index (χ2n) is 11.6. The number of primary amides is 2. The van der Waals surface area contributed by atoms with Gasteiger partial charge in [0.1, 0.15) is 0 Å². The van der Waals surface area contributed by atoms with Crippen molar-refractivity contribution in [3.05, 3.63) is 65.4 Å². The first-order chi connectivity index (χ1) is 22.0. The Labute approximate surface area is 271 Å². The normalized spacial score (nSPS) is 14.5. The minimum Gasteiger partial charge on any atom is -0.378 e. The van der Waals surface area contributed by atoms with Crippen LogP contribution in [0.3, 0.4) is 0 Å². The largest absolute Gasteiger partial charge is 0.378 e. The van der Waals surface area contributed by atoms with E-state index in [1.165, 1.54) is 12.0 Å². The molecular formula is C33H47N9O4. The molecule has 0 aliphatic carbocycles. The summed E-state index contributed by atoms with van der Waals surface area (Å²) in [5.41, 5.74) is 13.8. The molecule has 0 unspecified atom stereocenters. The van der Waals surface area contributed by atoms with Crippen LogP contribution in [0.2, 0.25) is 0 Å². The molecule has 5 rings (SSSR count). The zero-order valence-corrected chi connectivity index (χ0v) is 27.5. The van der Waals surface area contributed by atoms with Crippen LogP contribution in [0.4, 0.5) is 27.9 Å². The number of urea groups is 1. The number of carbonyl (C=O) groups excluding carboxylic acids is 3. The van der Waals surface area contributed by atoms with Crippen molar-refractivity contribution >= 4 is 41.0 Å². The number of hydrogen-bond donors (Lipinski definition) is 4. The minimum atomic E-state index is -0.707. The number of nitrogens with one attached hydrogen (secondary N) is 2. The minimum absolute atomic E-state index is 0.0239. The molecule has 2 aliphatic rings. The van der Waals surface area contributed by atoms with Crippen LogP contribution in [0.1, 0.15) is 80.3 Å². The van der Waals surface area contributed by atoms with Gasteiger partial charge < -0.3 is 36.6 Å². The van der Waals surface area contributed by atoms with Crippen molar-refractivity contribution in [2.75, 3.05) is 54.9 Å². The Morgan fingerprint density at radius 3 is 1.93 bits per heavy atom. The van der Waals surface area contributed by atoms with Gasteiger partial charge in [-0.25, -0.2) is 4.79 Å². The van der Waals surface area contributed by atoms with Crippen LogP contribution in [-0.2, 0) is 10.2 Å². The highest BCUT2D eigenvalue weighted by molar-refractivity contribution is 5.97. The van der Waals surface area contributed by atoms with E-state index in [4.69, 9.17) is 16.2 Å². The van der Waals surface area contributed by atoms with Crippen LogP contribution in [0.25, 0.3) is 0 Å². The lowest BCUT2D eigenvalue weighted by Crippen LogP contribution is -2.40. The molecule has 0 spiro atoms. The first kappa shape index (κ1) is 35.7. The molecule has 1 aromatic heterocycles.